The molecule has 0 spiro atoms. The number of nitrogens with two attached hydrogens (primary N) is 1. The molecule has 3 heteroatoms. The van der Waals surface area contributed by atoms with E-state index in [1.54, 1.807) is 19.9 Å². The molecule has 62 valence electrons. The van der Waals surface area contributed by atoms with E-state index in [1.807, 2.05) is 0 Å². The van der Waals surface area contributed by atoms with Gasteiger partial charge in [0.1, 0.15) is 0 Å². The van der Waals surface area contributed by atoms with Gasteiger partial charge in [0.2, 0.25) is 0 Å². The summed E-state index contributed by atoms with van der Waals surface area (Å²) in [5.41, 5.74) is 7.61. The van der Waals surface area contributed by atoms with Crippen LogP contribution < -0.4 is 5.73 Å². The number of rotatable bonds is 3. The fourth-order valence-corrected chi connectivity index (χ4v) is 0.468. The molecular weight excluding hydrogens is 138 g/mol. The molecule has 0 unspecified atom stereocenters. The molecule has 0 atom stereocenters. The number of hydrogen-bond acceptors (Lipinski definition) is 3. The van der Waals surface area contributed by atoms with E-state index in [1.165, 1.54) is 6.21 Å². The Morgan fingerprint density at radius 1 is 1.64 bits per heavy atom. The summed E-state index contributed by atoms with van der Waals surface area (Å²) in [5.74, 6) is 0. The summed E-state index contributed by atoms with van der Waals surface area (Å²) in [5, 5.41) is 6.90. The third kappa shape index (κ3) is 3.35. The van der Waals surface area contributed by atoms with Crippen LogP contribution in [0.5, 0.6) is 0 Å². The Morgan fingerprint density at radius 3 is 2.55 bits per heavy atom. The van der Waals surface area contributed by atoms with Gasteiger partial charge >= 0.3 is 0 Å². The molecule has 0 amide bonds. The number of aliphatic imine (C=N–C) groups is 1. The second kappa shape index (κ2) is 4.44. The van der Waals surface area contributed by atoms with Crippen molar-refractivity contribution in [2.75, 3.05) is 0 Å². The summed E-state index contributed by atoms with van der Waals surface area (Å²) < 4.78 is 0. The average Bonchev–Trinajstić information content (AvgIpc) is 2.02. The van der Waals surface area contributed by atoms with Crippen molar-refractivity contribution in [3.05, 3.63) is 23.0 Å². The van der Waals surface area contributed by atoms with Crippen LogP contribution in [-0.4, -0.2) is 12.9 Å². The molecule has 11 heavy (non-hydrogen) atoms. The maximum absolute atomic E-state index is 6.90. The molecule has 3 nitrogen and oxygen atoms in total. The molecule has 0 aromatic heterocycles. The fraction of sp³-hybridized carbons (Fsp3) is 0.250. The molecule has 0 saturated heterocycles. The lowest BCUT2D eigenvalue weighted by Gasteiger charge is -1.96. The van der Waals surface area contributed by atoms with Crippen LogP contribution in [0.2, 0.25) is 0 Å². The van der Waals surface area contributed by atoms with Crippen LogP contribution in [0, 0.1) is 5.41 Å². The number of allylic oxidation sites excluding steroid dienone is 3. The smallest absolute Gasteiger partial charge is 0.0385 e. The minimum Gasteiger partial charge on any atom is -0.398 e. The quantitative estimate of drug-likeness (QED) is 0.470. The maximum atomic E-state index is 6.90. The van der Waals surface area contributed by atoms with Gasteiger partial charge in [0.25, 0.3) is 0 Å². The van der Waals surface area contributed by atoms with Gasteiger partial charge in [-0.05, 0) is 32.2 Å². The van der Waals surface area contributed by atoms with Gasteiger partial charge < -0.3 is 11.1 Å². The predicted molar refractivity (Wildman–Crippen MR) is 51.1 cm³/mol. The maximum Gasteiger partial charge on any atom is 0.0385 e. The summed E-state index contributed by atoms with van der Waals surface area (Å²) in [4.78, 5) is 3.67. The average molecular weight is 153 g/mol. The van der Waals surface area contributed by atoms with E-state index in [-0.39, 0.29) is 1.43 Å². The number of nitrogens with zero attached hydrogens (tertiary/aromatic N) is 1. The second-order valence-corrected chi connectivity index (χ2v) is 2.23. The molecule has 0 aliphatic carbocycles. The van der Waals surface area contributed by atoms with E-state index in [0.717, 1.165) is 11.3 Å². The zero-order valence-electron chi connectivity index (χ0n) is 6.89. The van der Waals surface area contributed by atoms with Gasteiger partial charge in [-0.15, -0.1) is 0 Å². The van der Waals surface area contributed by atoms with Crippen LogP contribution in [-0.2, 0) is 0 Å². The fourth-order valence-electron chi connectivity index (χ4n) is 0.468. The van der Waals surface area contributed by atoms with Crippen molar-refractivity contribution in [2.45, 2.75) is 13.8 Å². The van der Waals surface area contributed by atoms with Crippen molar-refractivity contribution in [2.24, 2.45) is 10.7 Å². The Bertz CT molecular complexity index is 228. The van der Waals surface area contributed by atoms with Crippen molar-refractivity contribution in [1.29, 1.82) is 5.41 Å². The Kier molecular flexibility index (Phi) is 3.88. The SMILES string of the molecule is C=N/C(C)=C\C(N)=C(/C)C=N.[HH]. The molecule has 0 aliphatic heterocycles. The first-order valence-electron chi connectivity index (χ1n) is 3.23. The van der Waals surface area contributed by atoms with Gasteiger partial charge in [-0.3, -0.25) is 4.99 Å². The van der Waals surface area contributed by atoms with Crippen molar-refractivity contribution >= 4 is 12.9 Å². The monoisotopic (exact) mass is 153 g/mol. The molecule has 0 radical (unpaired) electrons. The highest BCUT2D eigenvalue weighted by Crippen LogP contribution is 2.01. The van der Waals surface area contributed by atoms with E-state index in [2.05, 4.69) is 11.7 Å². The third-order valence-corrected chi connectivity index (χ3v) is 1.29. The molecule has 0 aromatic carbocycles. The number of hydrogen-bond donors (Lipinski definition) is 2. The van der Waals surface area contributed by atoms with E-state index in [9.17, 15) is 0 Å². The summed E-state index contributed by atoms with van der Waals surface area (Å²) in [6, 6.07) is 0. The Labute approximate surface area is 68.3 Å². The molecular formula is C8H15N3. The molecule has 0 heterocycles. The topological polar surface area (TPSA) is 62.2 Å². The lowest BCUT2D eigenvalue weighted by atomic mass is 10.2. The van der Waals surface area contributed by atoms with Gasteiger partial charge in [-0.25, -0.2) is 0 Å². The van der Waals surface area contributed by atoms with Crippen LogP contribution in [0.1, 0.15) is 15.3 Å². The lowest BCUT2D eigenvalue weighted by molar-refractivity contribution is 1.26. The molecule has 0 aliphatic rings. The van der Waals surface area contributed by atoms with E-state index in [4.69, 9.17) is 11.1 Å². The standard InChI is InChI=1S/C8H13N3.H2/c1-6(5-9)8(10)4-7(2)11-3;/h4-5,9H,3,10H2,1-2H3;1H/b7-4-,8-6-,9-5?;. The largest absolute Gasteiger partial charge is 0.398 e. The van der Waals surface area contributed by atoms with Crippen molar-refractivity contribution in [3.63, 3.8) is 0 Å². The summed E-state index contributed by atoms with van der Waals surface area (Å²) in [7, 11) is 0. The number of nitrogens with one attached hydrogen (secondary N) is 1. The Balaban J connectivity index is 0. The molecule has 0 saturated carbocycles. The highest BCUT2D eigenvalue weighted by atomic mass is 14.7. The Hall–Kier alpha value is -1.38. The van der Waals surface area contributed by atoms with Crippen LogP contribution in [0.3, 0.4) is 0 Å². The van der Waals surface area contributed by atoms with Gasteiger partial charge in [-0.2, -0.15) is 0 Å². The highest BCUT2D eigenvalue weighted by Gasteiger charge is 1.90. The first kappa shape index (κ1) is 9.62. The summed E-state index contributed by atoms with van der Waals surface area (Å²) in [6.45, 7) is 6.92. The van der Waals surface area contributed by atoms with Crippen LogP contribution >= 0.6 is 0 Å². The Morgan fingerprint density at radius 2 is 2.18 bits per heavy atom. The first-order chi connectivity index (χ1) is 5.11. The zero-order valence-corrected chi connectivity index (χ0v) is 6.89. The van der Waals surface area contributed by atoms with Crippen LogP contribution in [0.15, 0.2) is 28.0 Å². The van der Waals surface area contributed by atoms with Gasteiger partial charge in [0.05, 0.1) is 0 Å². The predicted octanol–water partition coefficient (Wildman–Crippen LogP) is 1.72. The highest BCUT2D eigenvalue weighted by molar-refractivity contribution is 5.76. The second-order valence-electron chi connectivity index (χ2n) is 2.23. The normalized spacial score (nSPS) is 13.8. The van der Waals surface area contributed by atoms with Crippen molar-refractivity contribution in [1.82, 2.24) is 0 Å². The minimum atomic E-state index is 0. The van der Waals surface area contributed by atoms with Gasteiger partial charge in [-0.1, -0.05) is 0 Å². The molecule has 3 N–H and O–H groups in total. The molecule has 0 fully saturated rings. The van der Waals surface area contributed by atoms with Gasteiger partial charge in [0, 0.05) is 19.0 Å². The van der Waals surface area contributed by atoms with Crippen molar-refractivity contribution < 1.29 is 1.43 Å². The zero-order chi connectivity index (χ0) is 8.85. The minimum absolute atomic E-state index is 0. The van der Waals surface area contributed by atoms with Gasteiger partial charge in [0.15, 0.2) is 0 Å². The summed E-state index contributed by atoms with van der Waals surface area (Å²) >= 11 is 0. The van der Waals surface area contributed by atoms with Crippen molar-refractivity contribution in [3.8, 4) is 0 Å². The van der Waals surface area contributed by atoms with E-state index in [0.29, 0.717) is 5.70 Å². The van der Waals surface area contributed by atoms with Crippen LogP contribution in [0.4, 0.5) is 0 Å². The molecule has 0 rings (SSSR count). The third-order valence-electron chi connectivity index (χ3n) is 1.29. The lowest BCUT2D eigenvalue weighted by Crippen LogP contribution is -1.98. The van der Waals surface area contributed by atoms with Crippen LogP contribution in [0.25, 0.3) is 0 Å². The van der Waals surface area contributed by atoms with E-state index >= 15 is 0 Å². The molecule has 0 bridgehead atoms. The van der Waals surface area contributed by atoms with E-state index < -0.39 is 0 Å². The first-order valence-corrected chi connectivity index (χ1v) is 3.23. The summed E-state index contributed by atoms with van der Waals surface area (Å²) in [6.07, 6.45) is 2.90. The molecule has 0 aromatic rings.